The van der Waals surface area contributed by atoms with Crippen LogP contribution in [0.4, 0.5) is 5.82 Å². The SMILES string of the molecule is CC(O)CC(C)Nc1cnc(Br)cn1. The van der Waals surface area contributed by atoms with Crippen molar-refractivity contribution in [2.45, 2.75) is 32.4 Å². The van der Waals surface area contributed by atoms with E-state index in [1.54, 1.807) is 19.3 Å². The van der Waals surface area contributed by atoms with Crippen LogP contribution in [0.25, 0.3) is 0 Å². The molecule has 1 heterocycles. The van der Waals surface area contributed by atoms with E-state index in [2.05, 4.69) is 31.2 Å². The molecule has 0 aliphatic rings. The van der Waals surface area contributed by atoms with Gasteiger partial charge in [-0.2, -0.15) is 0 Å². The minimum atomic E-state index is -0.305. The van der Waals surface area contributed by atoms with E-state index < -0.39 is 0 Å². The Morgan fingerprint density at radius 3 is 2.64 bits per heavy atom. The minimum absolute atomic E-state index is 0.186. The van der Waals surface area contributed by atoms with Gasteiger partial charge in [0, 0.05) is 6.04 Å². The highest BCUT2D eigenvalue weighted by molar-refractivity contribution is 9.10. The third kappa shape index (κ3) is 4.02. The van der Waals surface area contributed by atoms with Crippen molar-refractivity contribution in [3.63, 3.8) is 0 Å². The summed E-state index contributed by atoms with van der Waals surface area (Å²) in [7, 11) is 0. The molecule has 2 atom stereocenters. The van der Waals surface area contributed by atoms with Gasteiger partial charge in [-0.05, 0) is 36.2 Å². The number of halogens is 1. The van der Waals surface area contributed by atoms with Gasteiger partial charge in [-0.15, -0.1) is 0 Å². The highest BCUT2D eigenvalue weighted by Gasteiger charge is 2.06. The highest BCUT2D eigenvalue weighted by Crippen LogP contribution is 2.09. The minimum Gasteiger partial charge on any atom is -0.393 e. The van der Waals surface area contributed by atoms with Gasteiger partial charge in [-0.3, -0.25) is 0 Å². The summed E-state index contributed by atoms with van der Waals surface area (Å²) >= 11 is 3.21. The van der Waals surface area contributed by atoms with Crippen LogP contribution in [-0.4, -0.2) is 27.2 Å². The molecule has 0 spiro atoms. The number of rotatable bonds is 4. The Morgan fingerprint density at radius 2 is 2.14 bits per heavy atom. The van der Waals surface area contributed by atoms with E-state index in [0.717, 1.165) is 5.82 Å². The quantitative estimate of drug-likeness (QED) is 0.866. The molecule has 0 aliphatic heterocycles. The van der Waals surface area contributed by atoms with E-state index in [-0.39, 0.29) is 12.1 Å². The fraction of sp³-hybridized carbons (Fsp3) is 0.556. The van der Waals surface area contributed by atoms with Crippen molar-refractivity contribution in [2.24, 2.45) is 0 Å². The summed E-state index contributed by atoms with van der Waals surface area (Å²) in [6.45, 7) is 3.77. The maximum atomic E-state index is 9.16. The zero-order valence-electron chi connectivity index (χ0n) is 8.24. The molecule has 1 aromatic rings. The molecule has 0 bridgehead atoms. The van der Waals surface area contributed by atoms with E-state index in [0.29, 0.717) is 11.0 Å². The molecule has 5 heteroatoms. The summed E-state index contributed by atoms with van der Waals surface area (Å²) < 4.78 is 0.714. The number of nitrogens with one attached hydrogen (secondary N) is 1. The summed E-state index contributed by atoms with van der Waals surface area (Å²) in [5, 5.41) is 12.3. The molecule has 14 heavy (non-hydrogen) atoms. The lowest BCUT2D eigenvalue weighted by molar-refractivity contribution is 0.179. The molecule has 78 valence electrons. The second-order valence-electron chi connectivity index (χ2n) is 3.35. The fourth-order valence-corrected chi connectivity index (χ4v) is 1.41. The number of aliphatic hydroxyl groups is 1. The van der Waals surface area contributed by atoms with E-state index in [1.165, 1.54) is 0 Å². The normalized spacial score (nSPS) is 14.9. The van der Waals surface area contributed by atoms with Crippen LogP contribution >= 0.6 is 15.9 Å². The largest absolute Gasteiger partial charge is 0.393 e. The summed E-state index contributed by atoms with van der Waals surface area (Å²) in [6.07, 6.45) is 3.68. The van der Waals surface area contributed by atoms with Crippen LogP contribution in [0, 0.1) is 0 Å². The van der Waals surface area contributed by atoms with Gasteiger partial charge in [-0.1, -0.05) is 0 Å². The first-order chi connectivity index (χ1) is 6.58. The van der Waals surface area contributed by atoms with Gasteiger partial charge in [0.2, 0.25) is 0 Å². The van der Waals surface area contributed by atoms with E-state index in [9.17, 15) is 0 Å². The van der Waals surface area contributed by atoms with Crippen molar-refractivity contribution in [3.05, 3.63) is 17.0 Å². The predicted octanol–water partition coefficient (Wildman–Crippen LogP) is 1.81. The van der Waals surface area contributed by atoms with Crippen LogP contribution in [0.2, 0.25) is 0 Å². The van der Waals surface area contributed by atoms with Gasteiger partial charge in [0.15, 0.2) is 0 Å². The zero-order valence-corrected chi connectivity index (χ0v) is 9.82. The number of hydrogen-bond acceptors (Lipinski definition) is 4. The summed E-state index contributed by atoms with van der Waals surface area (Å²) in [4.78, 5) is 8.16. The summed E-state index contributed by atoms with van der Waals surface area (Å²) in [6, 6.07) is 0.186. The Bertz CT molecular complexity index is 276. The Kier molecular flexibility index (Phi) is 4.28. The fourth-order valence-electron chi connectivity index (χ4n) is 1.21. The Morgan fingerprint density at radius 1 is 1.43 bits per heavy atom. The monoisotopic (exact) mass is 259 g/mol. The molecule has 0 aliphatic carbocycles. The summed E-state index contributed by atoms with van der Waals surface area (Å²) in [5.41, 5.74) is 0. The molecular weight excluding hydrogens is 246 g/mol. The van der Waals surface area contributed by atoms with Crippen molar-refractivity contribution < 1.29 is 5.11 Å². The van der Waals surface area contributed by atoms with Crippen LogP contribution in [-0.2, 0) is 0 Å². The predicted molar refractivity (Wildman–Crippen MR) is 59.1 cm³/mol. The van der Waals surface area contributed by atoms with Crippen LogP contribution in [0.15, 0.2) is 17.0 Å². The van der Waals surface area contributed by atoms with Crippen LogP contribution in [0.5, 0.6) is 0 Å². The summed E-state index contributed by atoms with van der Waals surface area (Å²) in [5.74, 6) is 0.723. The van der Waals surface area contributed by atoms with Crippen molar-refractivity contribution in [3.8, 4) is 0 Å². The number of nitrogens with zero attached hydrogens (tertiary/aromatic N) is 2. The number of aromatic nitrogens is 2. The average Bonchev–Trinajstić information content (AvgIpc) is 2.07. The number of aliphatic hydroxyl groups excluding tert-OH is 1. The second-order valence-corrected chi connectivity index (χ2v) is 4.17. The molecule has 2 unspecified atom stereocenters. The van der Waals surface area contributed by atoms with Gasteiger partial charge >= 0.3 is 0 Å². The molecular formula is C9H14BrN3O. The molecule has 1 aromatic heterocycles. The molecule has 0 saturated heterocycles. The molecule has 0 amide bonds. The number of hydrogen-bond donors (Lipinski definition) is 2. The van der Waals surface area contributed by atoms with E-state index in [4.69, 9.17) is 5.11 Å². The second kappa shape index (κ2) is 5.26. The Hall–Kier alpha value is -0.680. The van der Waals surface area contributed by atoms with Gasteiger partial charge in [-0.25, -0.2) is 9.97 Å². The van der Waals surface area contributed by atoms with Gasteiger partial charge in [0.1, 0.15) is 10.4 Å². The van der Waals surface area contributed by atoms with Gasteiger partial charge < -0.3 is 10.4 Å². The van der Waals surface area contributed by atoms with Crippen molar-refractivity contribution in [1.82, 2.24) is 9.97 Å². The topological polar surface area (TPSA) is 58.0 Å². The molecule has 0 radical (unpaired) electrons. The van der Waals surface area contributed by atoms with Crippen molar-refractivity contribution in [1.29, 1.82) is 0 Å². The molecule has 0 fully saturated rings. The molecule has 2 N–H and O–H groups in total. The first kappa shape index (κ1) is 11.4. The van der Waals surface area contributed by atoms with E-state index >= 15 is 0 Å². The molecule has 0 saturated carbocycles. The van der Waals surface area contributed by atoms with Gasteiger partial charge in [0.05, 0.1) is 18.5 Å². The highest BCUT2D eigenvalue weighted by atomic mass is 79.9. The van der Waals surface area contributed by atoms with E-state index in [1.807, 2.05) is 6.92 Å². The van der Waals surface area contributed by atoms with Gasteiger partial charge in [0.25, 0.3) is 0 Å². The third-order valence-electron chi connectivity index (χ3n) is 1.71. The third-order valence-corrected chi connectivity index (χ3v) is 2.12. The lowest BCUT2D eigenvalue weighted by Crippen LogP contribution is -2.21. The maximum Gasteiger partial charge on any atom is 0.144 e. The lowest BCUT2D eigenvalue weighted by Gasteiger charge is -2.15. The number of anilines is 1. The first-order valence-corrected chi connectivity index (χ1v) is 5.29. The average molecular weight is 260 g/mol. The maximum absolute atomic E-state index is 9.16. The smallest absolute Gasteiger partial charge is 0.144 e. The lowest BCUT2D eigenvalue weighted by atomic mass is 10.1. The zero-order chi connectivity index (χ0) is 10.6. The molecule has 0 aromatic carbocycles. The molecule has 1 rings (SSSR count). The Balaban J connectivity index is 2.47. The van der Waals surface area contributed by atoms with Crippen LogP contribution in [0.1, 0.15) is 20.3 Å². The first-order valence-electron chi connectivity index (χ1n) is 4.50. The van der Waals surface area contributed by atoms with Crippen LogP contribution in [0.3, 0.4) is 0 Å². The standard InChI is InChI=1S/C9H14BrN3O/c1-6(3-7(2)14)13-9-5-11-8(10)4-12-9/h4-7,14H,3H2,1-2H3,(H,12,13). The van der Waals surface area contributed by atoms with Crippen molar-refractivity contribution in [2.75, 3.05) is 5.32 Å². The van der Waals surface area contributed by atoms with Crippen LogP contribution < -0.4 is 5.32 Å². The molecule has 4 nitrogen and oxygen atoms in total. The Labute approximate surface area is 91.9 Å². The van der Waals surface area contributed by atoms with Crippen molar-refractivity contribution >= 4 is 21.7 Å².